The summed E-state index contributed by atoms with van der Waals surface area (Å²) >= 11 is 6.20. The Hall–Kier alpha value is -1.84. The molecule has 0 saturated carbocycles. The minimum Gasteiger partial charge on any atom is -0.325 e. The molecular formula is C19H23ClN2O. The van der Waals surface area contributed by atoms with Crippen molar-refractivity contribution < 1.29 is 4.79 Å². The number of amides is 1. The van der Waals surface area contributed by atoms with Crippen LogP contribution in [-0.2, 0) is 11.2 Å². The van der Waals surface area contributed by atoms with Crippen LogP contribution < -0.4 is 10.6 Å². The summed E-state index contributed by atoms with van der Waals surface area (Å²) in [6.45, 7) is 5.45. The first-order valence-corrected chi connectivity index (χ1v) is 8.25. The van der Waals surface area contributed by atoms with Gasteiger partial charge in [-0.25, -0.2) is 0 Å². The quantitative estimate of drug-likeness (QED) is 0.750. The molecule has 0 spiro atoms. The molecule has 0 aliphatic rings. The minimum absolute atomic E-state index is 0.0222. The molecule has 0 unspecified atom stereocenters. The smallest absolute Gasteiger partial charge is 0.225 e. The SMILES string of the molecule is Cc1cc(C)c(NC(=O)CCNCCc2ccccc2)c(Cl)c1. The van der Waals surface area contributed by atoms with Gasteiger partial charge < -0.3 is 10.6 Å². The fraction of sp³-hybridized carbons (Fsp3) is 0.316. The van der Waals surface area contributed by atoms with Gasteiger partial charge >= 0.3 is 0 Å². The summed E-state index contributed by atoms with van der Waals surface area (Å²) in [5.74, 6) is -0.0222. The number of hydrogen-bond acceptors (Lipinski definition) is 2. The molecule has 2 N–H and O–H groups in total. The summed E-state index contributed by atoms with van der Waals surface area (Å²) in [6.07, 6.45) is 1.39. The van der Waals surface area contributed by atoms with Crippen LogP contribution in [0.4, 0.5) is 5.69 Å². The summed E-state index contributed by atoms with van der Waals surface area (Å²) in [5, 5.41) is 6.79. The van der Waals surface area contributed by atoms with E-state index in [1.54, 1.807) is 0 Å². The maximum absolute atomic E-state index is 12.0. The molecule has 2 aromatic carbocycles. The van der Waals surface area contributed by atoms with Crippen molar-refractivity contribution in [2.75, 3.05) is 18.4 Å². The van der Waals surface area contributed by atoms with Crippen molar-refractivity contribution in [1.29, 1.82) is 0 Å². The van der Waals surface area contributed by atoms with Gasteiger partial charge in [-0.1, -0.05) is 48.0 Å². The van der Waals surface area contributed by atoms with E-state index in [1.165, 1.54) is 5.56 Å². The zero-order valence-corrected chi connectivity index (χ0v) is 14.4. The zero-order valence-electron chi connectivity index (χ0n) is 13.7. The minimum atomic E-state index is -0.0222. The van der Waals surface area contributed by atoms with Crippen molar-refractivity contribution in [3.63, 3.8) is 0 Å². The van der Waals surface area contributed by atoms with Crippen LogP contribution in [0, 0.1) is 13.8 Å². The van der Waals surface area contributed by atoms with Gasteiger partial charge in [0.05, 0.1) is 10.7 Å². The maximum Gasteiger partial charge on any atom is 0.225 e. The standard InChI is InChI=1S/C19H23ClN2O/c1-14-12-15(2)19(17(20)13-14)22-18(23)9-11-21-10-8-16-6-4-3-5-7-16/h3-7,12-13,21H,8-11H2,1-2H3,(H,22,23). The molecule has 0 aliphatic carbocycles. The van der Waals surface area contributed by atoms with Crippen LogP contribution in [0.5, 0.6) is 0 Å². The molecule has 0 radical (unpaired) electrons. The fourth-order valence-electron chi connectivity index (χ4n) is 2.48. The van der Waals surface area contributed by atoms with Gasteiger partial charge in [0.15, 0.2) is 0 Å². The lowest BCUT2D eigenvalue weighted by Crippen LogP contribution is -2.24. The molecule has 0 atom stereocenters. The Morgan fingerprint density at radius 2 is 1.83 bits per heavy atom. The topological polar surface area (TPSA) is 41.1 Å². The molecule has 3 nitrogen and oxygen atoms in total. The van der Waals surface area contributed by atoms with Gasteiger partial charge in [-0.2, -0.15) is 0 Å². The summed E-state index contributed by atoms with van der Waals surface area (Å²) < 4.78 is 0. The Bertz CT molecular complexity index is 633. The van der Waals surface area contributed by atoms with Gasteiger partial charge in [0, 0.05) is 13.0 Å². The number of nitrogens with one attached hydrogen (secondary N) is 2. The normalized spacial score (nSPS) is 10.6. The Labute approximate surface area is 143 Å². The second kappa shape index (κ2) is 8.70. The molecule has 0 fully saturated rings. The summed E-state index contributed by atoms with van der Waals surface area (Å²) in [6, 6.07) is 14.2. The Morgan fingerprint density at radius 3 is 2.52 bits per heavy atom. The molecule has 0 aliphatic heterocycles. The number of aryl methyl sites for hydroxylation is 2. The first-order chi connectivity index (χ1) is 11.1. The van der Waals surface area contributed by atoms with Crippen LogP contribution in [0.3, 0.4) is 0 Å². The number of carbonyl (C=O) groups excluding carboxylic acids is 1. The Balaban J connectivity index is 1.71. The largest absolute Gasteiger partial charge is 0.325 e. The predicted octanol–water partition coefficient (Wildman–Crippen LogP) is 4.12. The molecule has 1 amide bonds. The molecule has 122 valence electrons. The Kier molecular flexibility index (Phi) is 6.63. The van der Waals surface area contributed by atoms with Crippen LogP contribution in [-0.4, -0.2) is 19.0 Å². The van der Waals surface area contributed by atoms with E-state index in [-0.39, 0.29) is 5.91 Å². The number of benzene rings is 2. The van der Waals surface area contributed by atoms with Gasteiger partial charge in [0.25, 0.3) is 0 Å². The zero-order chi connectivity index (χ0) is 16.7. The monoisotopic (exact) mass is 330 g/mol. The third-order valence-corrected chi connectivity index (χ3v) is 3.96. The number of hydrogen-bond donors (Lipinski definition) is 2. The highest BCUT2D eigenvalue weighted by molar-refractivity contribution is 6.34. The average Bonchev–Trinajstić information content (AvgIpc) is 2.51. The van der Waals surface area contributed by atoms with E-state index >= 15 is 0 Å². The molecule has 4 heteroatoms. The summed E-state index contributed by atoms with van der Waals surface area (Å²) in [5.41, 5.74) is 4.09. The average molecular weight is 331 g/mol. The number of rotatable bonds is 7. The summed E-state index contributed by atoms with van der Waals surface area (Å²) in [7, 11) is 0. The lowest BCUT2D eigenvalue weighted by atomic mass is 10.1. The van der Waals surface area contributed by atoms with Crippen molar-refractivity contribution in [2.24, 2.45) is 0 Å². The second-order valence-electron chi connectivity index (χ2n) is 5.72. The fourth-order valence-corrected chi connectivity index (χ4v) is 2.85. The molecule has 0 bridgehead atoms. The Morgan fingerprint density at radius 1 is 1.09 bits per heavy atom. The number of anilines is 1. The van der Waals surface area contributed by atoms with Crippen molar-refractivity contribution in [3.8, 4) is 0 Å². The third-order valence-electron chi connectivity index (χ3n) is 3.66. The van der Waals surface area contributed by atoms with Crippen molar-refractivity contribution in [2.45, 2.75) is 26.7 Å². The van der Waals surface area contributed by atoms with Crippen LogP contribution >= 0.6 is 11.6 Å². The van der Waals surface area contributed by atoms with Gasteiger partial charge in [-0.3, -0.25) is 4.79 Å². The van der Waals surface area contributed by atoms with Crippen molar-refractivity contribution in [3.05, 3.63) is 64.2 Å². The van der Waals surface area contributed by atoms with Gasteiger partial charge in [-0.05, 0) is 49.6 Å². The molecule has 2 aromatic rings. The van der Waals surface area contributed by atoms with E-state index in [4.69, 9.17) is 11.6 Å². The van der Waals surface area contributed by atoms with Crippen molar-refractivity contribution in [1.82, 2.24) is 5.32 Å². The molecular weight excluding hydrogens is 308 g/mol. The third kappa shape index (κ3) is 5.70. The van der Waals surface area contributed by atoms with Crippen molar-refractivity contribution >= 4 is 23.2 Å². The van der Waals surface area contributed by atoms with E-state index < -0.39 is 0 Å². The lowest BCUT2D eigenvalue weighted by molar-refractivity contribution is -0.116. The van der Waals surface area contributed by atoms with Crippen LogP contribution in [0.2, 0.25) is 5.02 Å². The van der Waals surface area contributed by atoms with E-state index in [1.807, 2.05) is 44.2 Å². The second-order valence-corrected chi connectivity index (χ2v) is 6.13. The molecule has 2 rings (SSSR count). The van der Waals surface area contributed by atoms with Crippen LogP contribution in [0.1, 0.15) is 23.1 Å². The van der Waals surface area contributed by atoms with E-state index in [9.17, 15) is 4.79 Å². The maximum atomic E-state index is 12.0. The molecule has 23 heavy (non-hydrogen) atoms. The molecule has 0 aromatic heterocycles. The highest BCUT2D eigenvalue weighted by atomic mass is 35.5. The van der Waals surface area contributed by atoms with E-state index in [0.717, 1.165) is 24.1 Å². The van der Waals surface area contributed by atoms with Gasteiger partial charge in [0.2, 0.25) is 5.91 Å². The number of carbonyl (C=O) groups is 1. The van der Waals surface area contributed by atoms with E-state index in [0.29, 0.717) is 23.7 Å². The van der Waals surface area contributed by atoms with Crippen LogP contribution in [0.25, 0.3) is 0 Å². The van der Waals surface area contributed by atoms with Crippen LogP contribution in [0.15, 0.2) is 42.5 Å². The first kappa shape index (κ1) is 17.5. The molecule has 0 heterocycles. The lowest BCUT2D eigenvalue weighted by Gasteiger charge is -2.12. The highest BCUT2D eigenvalue weighted by Gasteiger charge is 2.09. The number of halogens is 1. The first-order valence-electron chi connectivity index (χ1n) is 7.87. The van der Waals surface area contributed by atoms with Gasteiger partial charge in [-0.15, -0.1) is 0 Å². The van der Waals surface area contributed by atoms with E-state index in [2.05, 4.69) is 22.8 Å². The summed E-state index contributed by atoms with van der Waals surface area (Å²) in [4.78, 5) is 12.0. The molecule has 0 saturated heterocycles. The predicted molar refractivity (Wildman–Crippen MR) is 97.2 cm³/mol. The van der Waals surface area contributed by atoms with Gasteiger partial charge in [0.1, 0.15) is 0 Å². The highest BCUT2D eigenvalue weighted by Crippen LogP contribution is 2.27.